The van der Waals surface area contributed by atoms with E-state index in [4.69, 9.17) is 26.2 Å². The van der Waals surface area contributed by atoms with Crippen LogP contribution in [0.1, 0.15) is 65.2 Å². The largest absolute Gasteiger partial charge is 0.480 e. The first-order valence-corrected chi connectivity index (χ1v) is 17.5. The third-order valence-electron chi connectivity index (χ3n) is 7.52. The van der Waals surface area contributed by atoms with Gasteiger partial charge in [0, 0.05) is 21.9 Å². The molecule has 236 valence electrons. The summed E-state index contributed by atoms with van der Waals surface area (Å²) in [5.41, 5.74) is 3.29. The van der Waals surface area contributed by atoms with Gasteiger partial charge in [-0.15, -0.1) is 0 Å². The number of hydrogen-bond donors (Lipinski definition) is 2. The molecule has 1 aliphatic rings. The van der Waals surface area contributed by atoms with Gasteiger partial charge in [-0.1, -0.05) is 54.0 Å². The fourth-order valence-corrected chi connectivity index (χ4v) is 7.40. The van der Waals surface area contributed by atoms with E-state index in [2.05, 4.69) is 15.7 Å². The zero-order valence-corrected chi connectivity index (χ0v) is 26.8. The van der Waals surface area contributed by atoms with Crippen LogP contribution in [-0.2, 0) is 27.7 Å². The lowest BCUT2D eigenvalue weighted by Gasteiger charge is -2.14. The maximum atomic E-state index is 13.3. The van der Waals surface area contributed by atoms with E-state index in [-0.39, 0.29) is 28.7 Å². The Balaban J connectivity index is 1.23. The number of nitrogens with one attached hydrogen (secondary N) is 1. The average molecular weight is 669 g/mol. The fourth-order valence-electron chi connectivity index (χ4n) is 5.21. The Morgan fingerprint density at radius 1 is 1.00 bits per heavy atom. The summed E-state index contributed by atoms with van der Waals surface area (Å²) >= 11 is 7.35. The molecular weight excluding hydrogens is 636 g/mol. The van der Waals surface area contributed by atoms with Crippen LogP contribution in [0.25, 0.3) is 0 Å². The molecule has 1 heterocycles. The molecule has 0 atom stereocenters. The minimum atomic E-state index is -3.50. The van der Waals surface area contributed by atoms with Crippen molar-refractivity contribution in [2.24, 2.45) is 0 Å². The van der Waals surface area contributed by atoms with Gasteiger partial charge in [0.25, 0.3) is 11.1 Å². The molecule has 1 fully saturated rings. The Morgan fingerprint density at radius 2 is 1.78 bits per heavy atom. The number of ether oxygens (including phenoxy) is 2. The molecule has 12 heteroatoms. The molecule has 0 bridgehead atoms. The fraction of sp³-hybridized carbons (Fsp3) is 0.303. The van der Waals surface area contributed by atoms with Crippen LogP contribution in [0.3, 0.4) is 0 Å². The van der Waals surface area contributed by atoms with Crippen LogP contribution in [-0.4, -0.2) is 42.7 Å². The predicted molar refractivity (Wildman–Crippen MR) is 173 cm³/mol. The summed E-state index contributed by atoms with van der Waals surface area (Å²) in [6, 6.07) is 18.0. The number of benzene rings is 3. The number of carboxylic acids is 1. The molecule has 1 saturated carbocycles. The smallest absolute Gasteiger partial charge is 0.341 e. The van der Waals surface area contributed by atoms with Gasteiger partial charge < -0.3 is 19.9 Å². The van der Waals surface area contributed by atoms with Crippen molar-refractivity contribution < 1.29 is 32.6 Å². The molecule has 9 nitrogen and oxygen atoms in total. The average Bonchev–Trinajstić information content (AvgIpc) is 3.73. The third kappa shape index (κ3) is 9.06. The molecule has 0 spiro atoms. The molecule has 2 N–H and O–H groups in total. The minimum absolute atomic E-state index is 0.0780. The first kappa shape index (κ1) is 32.5. The number of sulfone groups is 1. The number of thiazole rings is 1. The van der Waals surface area contributed by atoms with Gasteiger partial charge in [-0.2, -0.15) is 0 Å². The topological polar surface area (TPSA) is 132 Å². The van der Waals surface area contributed by atoms with Gasteiger partial charge in [-0.25, -0.2) is 18.2 Å². The van der Waals surface area contributed by atoms with Crippen molar-refractivity contribution in [1.29, 1.82) is 0 Å². The van der Waals surface area contributed by atoms with E-state index in [0.29, 0.717) is 34.5 Å². The normalized spacial score (nSPS) is 13.4. The minimum Gasteiger partial charge on any atom is -0.480 e. The van der Waals surface area contributed by atoms with E-state index in [1.54, 1.807) is 36.4 Å². The van der Waals surface area contributed by atoms with Crippen LogP contribution in [0.5, 0.6) is 10.9 Å². The lowest BCUT2D eigenvalue weighted by atomic mass is 10.1. The third-order valence-corrected chi connectivity index (χ3v) is 10.4. The number of halogens is 1. The van der Waals surface area contributed by atoms with E-state index in [0.717, 1.165) is 16.8 Å². The lowest BCUT2D eigenvalue weighted by molar-refractivity contribution is -0.139. The van der Waals surface area contributed by atoms with Crippen molar-refractivity contribution in [2.75, 3.05) is 17.7 Å². The molecule has 0 unspecified atom stereocenters. The maximum absolute atomic E-state index is 13.3. The first-order chi connectivity index (χ1) is 21.7. The van der Waals surface area contributed by atoms with Crippen molar-refractivity contribution in [1.82, 2.24) is 4.98 Å². The summed E-state index contributed by atoms with van der Waals surface area (Å²) in [5.74, 6) is -0.962. The van der Waals surface area contributed by atoms with E-state index < -0.39 is 28.3 Å². The number of carboxylic acid groups (broad SMARTS) is 1. The quantitative estimate of drug-likeness (QED) is 0.145. The number of aliphatic carboxylic acids is 1. The Labute approximate surface area is 271 Å². The van der Waals surface area contributed by atoms with Gasteiger partial charge >= 0.3 is 5.97 Å². The second-order valence-corrected chi connectivity index (χ2v) is 14.2. The molecule has 1 aromatic heterocycles. The number of amides is 1. The van der Waals surface area contributed by atoms with Gasteiger partial charge in [0.05, 0.1) is 22.0 Å². The summed E-state index contributed by atoms with van der Waals surface area (Å²) in [6.45, 7) is -0.340. The van der Waals surface area contributed by atoms with Crippen LogP contribution in [0, 0.1) is 0 Å². The van der Waals surface area contributed by atoms with Crippen molar-refractivity contribution in [3.63, 3.8) is 0 Å². The summed E-state index contributed by atoms with van der Waals surface area (Å²) in [5, 5.41) is 15.1. The highest BCUT2D eigenvalue weighted by atomic mass is 35.5. The maximum Gasteiger partial charge on any atom is 0.341 e. The van der Waals surface area contributed by atoms with Crippen molar-refractivity contribution in [3.8, 4) is 10.9 Å². The van der Waals surface area contributed by atoms with E-state index in [1.165, 1.54) is 61.3 Å². The number of aromatic nitrogens is 1. The molecule has 3 aromatic carbocycles. The molecule has 45 heavy (non-hydrogen) atoms. The molecule has 0 radical (unpaired) electrons. The van der Waals surface area contributed by atoms with E-state index in [1.807, 2.05) is 6.07 Å². The standard InChI is InChI=1S/C33H33ClN2O7S2/c34-26-11-13-27(14-12-26)45(40,41)16-4-6-22-10-15-30(42-20-31(37)38)28(18-22)35-32(39)25-9-3-5-23(17-25)19-43-33-36-29(21-44-33)24-7-1-2-8-24/h3,5,9-15,17-18,21,24H,1-2,4,6-8,16,19-20H2,(H,35,39)(H,37,38). The summed E-state index contributed by atoms with van der Waals surface area (Å²) in [4.78, 5) is 29.3. The number of aryl methyl sites for hydroxylation is 1. The monoisotopic (exact) mass is 668 g/mol. The number of carbonyl (C=O) groups excluding carboxylic acids is 1. The molecule has 1 amide bonds. The van der Waals surface area contributed by atoms with Crippen LogP contribution < -0.4 is 14.8 Å². The Kier molecular flexibility index (Phi) is 10.7. The Hall–Kier alpha value is -3.93. The SMILES string of the molecule is O=C(O)COc1ccc(CCCS(=O)(=O)c2ccc(Cl)cc2)cc1NC(=O)c1cccc(COc2nc(C3CCCC3)cs2)c1. The Bertz CT molecular complexity index is 1750. The summed E-state index contributed by atoms with van der Waals surface area (Å²) in [7, 11) is -3.50. The van der Waals surface area contributed by atoms with Crippen molar-refractivity contribution in [2.45, 2.75) is 55.9 Å². The van der Waals surface area contributed by atoms with E-state index >= 15 is 0 Å². The zero-order valence-electron chi connectivity index (χ0n) is 24.4. The molecule has 5 rings (SSSR count). The second-order valence-electron chi connectivity index (χ2n) is 10.9. The number of carbonyl (C=O) groups is 2. The van der Waals surface area contributed by atoms with Gasteiger partial charge in [0.15, 0.2) is 16.4 Å². The van der Waals surface area contributed by atoms with E-state index in [9.17, 15) is 18.0 Å². The molecule has 0 saturated heterocycles. The Morgan fingerprint density at radius 3 is 2.53 bits per heavy atom. The molecule has 4 aromatic rings. The number of nitrogens with zero attached hydrogens (tertiary/aromatic N) is 1. The molecular formula is C33H33ClN2O7S2. The highest BCUT2D eigenvalue weighted by molar-refractivity contribution is 7.91. The van der Waals surface area contributed by atoms with Gasteiger partial charge in [-0.3, -0.25) is 4.79 Å². The van der Waals surface area contributed by atoms with Crippen molar-refractivity contribution in [3.05, 3.63) is 99.5 Å². The van der Waals surface area contributed by atoms with Crippen molar-refractivity contribution >= 4 is 50.3 Å². The molecule has 1 aliphatic carbocycles. The zero-order chi connectivity index (χ0) is 31.8. The van der Waals surface area contributed by atoms with Gasteiger partial charge in [0.1, 0.15) is 12.4 Å². The number of anilines is 1. The van der Waals surface area contributed by atoms with Gasteiger partial charge in [-0.05, 0) is 85.3 Å². The van der Waals surface area contributed by atoms with Crippen LogP contribution >= 0.6 is 22.9 Å². The van der Waals surface area contributed by atoms with Crippen LogP contribution in [0.4, 0.5) is 5.69 Å². The number of rotatable bonds is 14. The van der Waals surface area contributed by atoms with Crippen LogP contribution in [0.2, 0.25) is 5.02 Å². The lowest BCUT2D eigenvalue weighted by Crippen LogP contribution is -2.15. The van der Waals surface area contributed by atoms with Gasteiger partial charge in [0.2, 0.25) is 0 Å². The van der Waals surface area contributed by atoms with Crippen LogP contribution in [0.15, 0.2) is 77.0 Å². The highest BCUT2D eigenvalue weighted by Crippen LogP contribution is 2.36. The predicted octanol–water partition coefficient (Wildman–Crippen LogP) is 7.16. The second kappa shape index (κ2) is 14.9. The summed E-state index contributed by atoms with van der Waals surface area (Å²) < 4.78 is 36.8. The summed E-state index contributed by atoms with van der Waals surface area (Å²) in [6.07, 6.45) is 5.54. The molecule has 0 aliphatic heterocycles. The first-order valence-electron chi connectivity index (χ1n) is 14.6. The number of hydrogen-bond acceptors (Lipinski definition) is 8. The highest BCUT2D eigenvalue weighted by Gasteiger charge is 2.20.